The Labute approximate surface area is 102 Å². The zero-order valence-corrected chi connectivity index (χ0v) is 11.2. The molecule has 1 rings (SSSR count). The molecule has 0 radical (unpaired) electrons. The number of rotatable bonds is 5. The van der Waals surface area contributed by atoms with E-state index in [9.17, 15) is 4.79 Å². The molecule has 0 fully saturated rings. The van der Waals surface area contributed by atoms with Crippen LogP contribution in [0, 0.1) is 0 Å². The molecule has 0 aliphatic carbocycles. The largest absolute Gasteiger partial charge is 0.465 e. The van der Waals surface area contributed by atoms with Crippen molar-refractivity contribution in [1.82, 2.24) is 0 Å². The number of esters is 1. The zero-order valence-electron chi connectivity index (χ0n) is 8.80. The summed E-state index contributed by atoms with van der Waals surface area (Å²) in [6.07, 6.45) is 2.21. The summed E-state index contributed by atoms with van der Waals surface area (Å²) in [4.78, 5) is 12.0. The molecule has 1 aromatic heterocycles. The van der Waals surface area contributed by atoms with Crippen LogP contribution in [0.25, 0.3) is 0 Å². The number of ether oxygens (including phenoxy) is 1. The molecule has 0 saturated carbocycles. The highest BCUT2D eigenvalue weighted by atomic mass is 79.9. The third-order valence-corrected chi connectivity index (χ3v) is 3.84. The lowest BCUT2D eigenvalue weighted by Crippen LogP contribution is -2.06. The standard InChI is InChI=1S/C10H14BrNO2S/c1-3-4-5-12-8-7(11)6-15-9(8)10(13)14-2/h6,12H,3-5H2,1-2H3. The fraction of sp³-hybridized carbons (Fsp3) is 0.500. The van der Waals surface area contributed by atoms with Crippen molar-refractivity contribution in [1.29, 1.82) is 0 Å². The van der Waals surface area contributed by atoms with Gasteiger partial charge in [-0.3, -0.25) is 0 Å². The van der Waals surface area contributed by atoms with Gasteiger partial charge in [0.1, 0.15) is 4.88 Å². The van der Waals surface area contributed by atoms with E-state index < -0.39 is 0 Å². The lowest BCUT2D eigenvalue weighted by atomic mass is 10.3. The molecular formula is C10H14BrNO2S. The smallest absolute Gasteiger partial charge is 0.350 e. The lowest BCUT2D eigenvalue weighted by molar-refractivity contribution is 0.0607. The highest BCUT2D eigenvalue weighted by molar-refractivity contribution is 9.10. The monoisotopic (exact) mass is 291 g/mol. The van der Waals surface area contributed by atoms with Gasteiger partial charge in [-0.2, -0.15) is 0 Å². The highest BCUT2D eigenvalue weighted by Gasteiger charge is 2.16. The van der Waals surface area contributed by atoms with Crippen molar-refractivity contribution in [3.05, 3.63) is 14.7 Å². The number of methoxy groups -OCH3 is 1. The van der Waals surface area contributed by atoms with Crippen LogP contribution >= 0.6 is 27.3 Å². The first-order chi connectivity index (χ1) is 7.20. The summed E-state index contributed by atoms with van der Waals surface area (Å²) in [5.74, 6) is -0.287. The van der Waals surface area contributed by atoms with Crippen molar-refractivity contribution >= 4 is 38.9 Å². The molecule has 1 aromatic rings. The summed E-state index contributed by atoms with van der Waals surface area (Å²) in [5.41, 5.74) is 0.848. The number of halogens is 1. The van der Waals surface area contributed by atoms with Gasteiger partial charge in [0.05, 0.1) is 17.3 Å². The summed E-state index contributed by atoms with van der Waals surface area (Å²) < 4.78 is 5.63. The van der Waals surface area contributed by atoms with Crippen LogP contribution in [0.1, 0.15) is 29.4 Å². The van der Waals surface area contributed by atoms with Crippen LogP contribution in [0.3, 0.4) is 0 Å². The van der Waals surface area contributed by atoms with E-state index in [0.717, 1.165) is 29.5 Å². The Balaban J connectivity index is 2.75. The van der Waals surface area contributed by atoms with Gasteiger partial charge in [0.25, 0.3) is 0 Å². The number of hydrogen-bond donors (Lipinski definition) is 1. The SMILES string of the molecule is CCCCNc1c(Br)csc1C(=O)OC. The van der Waals surface area contributed by atoms with Crippen LogP contribution < -0.4 is 5.32 Å². The number of anilines is 1. The maximum Gasteiger partial charge on any atom is 0.350 e. The predicted molar refractivity (Wildman–Crippen MR) is 66.8 cm³/mol. The minimum atomic E-state index is -0.287. The van der Waals surface area contributed by atoms with Gasteiger partial charge in [-0.15, -0.1) is 11.3 Å². The Morgan fingerprint density at radius 3 is 3.00 bits per heavy atom. The molecule has 0 spiro atoms. The van der Waals surface area contributed by atoms with E-state index >= 15 is 0 Å². The first-order valence-electron chi connectivity index (χ1n) is 4.79. The number of unbranched alkanes of at least 4 members (excludes halogenated alkanes) is 1. The molecule has 0 atom stereocenters. The van der Waals surface area contributed by atoms with E-state index in [4.69, 9.17) is 4.74 Å². The van der Waals surface area contributed by atoms with E-state index in [2.05, 4.69) is 28.2 Å². The number of thiophene rings is 1. The summed E-state index contributed by atoms with van der Waals surface area (Å²) in [5, 5.41) is 5.13. The quantitative estimate of drug-likeness (QED) is 0.666. The fourth-order valence-electron chi connectivity index (χ4n) is 1.13. The van der Waals surface area contributed by atoms with Crippen LogP contribution in [-0.4, -0.2) is 19.6 Å². The molecule has 1 N–H and O–H groups in total. The second-order valence-corrected chi connectivity index (χ2v) is 4.79. The minimum absolute atomic E-state index is 0.287. The molecule has 0 aliphatic rings. The lowest BCUT2D eigenvalue weighted by Gasteiger charge is -2.06. The van der Waals surface area contributed by atoms with Crippen molar-refractivity contribution in [3.8, 4) is 0 Å². The molecule has 1 heterocycles. The highest BCUT2D eigenvalue weighted by Crippen LogP contribution is 2.33. The van der Waals surface area contributed by atoms with E-state index in [1.165, 1.54) is 18.4 Å². The fourth-order valence-corrected chi connectivity index (χ4v) is 2.70. The number of nitrogens with one attached hydrogen (secondary N) is 1. The van der Waals surface area contributed by atoms with Gasteiger partial charge < -0.3 is 10.1 Å². The van der Waals surface area contributed by atoms with Crippen molar-refractivity contribution < 1.29 is 9.53 Å². The molecule has 5 heteroatoms. The summed E-state index contributed by atoms with van der Waals surface area (Å²) in [6.45, 7) is 3.00. The number of hydrogen-bond acceptors (Lipinski definition) is 4. The topological polar surface area (TPSA) is 38.3 Å². The third kappa shape index (κ3) is 3.21. The van der Waals surface area contributed by atoms with Crippen molar-refractivity contribution in [2.24, 2.45) is 0 Å². The molecule has 15 heavy (non-hydrogen) atoms. The molecular weight excluding hydrogens is 278 g/mol. The van der Waals surface area contributed by atoms with E-state index in [0.29, 0.717) is 4.88 Å². The van der Waals surface area contributed by atoms with Crippen LogP contribution in [0.4, 0.5) is 5.69 Å². The normalized spacial score (nSPS) is 10.1. The van der Waals surface area contributed by atoms with Gasteiger partial charge in [0.15, 0.2) is 0 Å². The molecule has 84 valence electrons. The maximum absolute atomic E-state index is 11.4. The van der Waals surface area contributed by atoms with E-state index in [1.807, 2.05) is 5.38 Å². The van der Waals surface area contributed by atoms with Crippen LogP contribution in [0.5, 0.6) is 0 Å². The molecule has 0 unspecified atom stereocenters. The number of carbonyl (C=O) groups excluding carboxylic acids is 1. The first kappa shape index (κ1) is 12.5. The molecule has 0 aliphatic heterocycles. The Kier molecular flexibility index (Phi) is 5.11. The van der Waals surface area contributed by atoms with Crippen LogP contribution in [0.15, 0.2) is 9.85 Å². The predicted octanol–water partition coefficient (Wildman–Crippen LogP) is 3.51. The second-order valence-electron chi connectivity index (χ2n) is 3.06. The van der Waals surface area contributed by atoms with Crippen molar-refractivity contribution in [3.63, 3.8) is 0 Å². The van der Waals surface area contributed by atoms with Crippen molar-refractivity contribution in [2.75, 3.05) is 19.0 Å². The summed E-state index contributed by atoms with van der Waals surface area (Å²) >= 11 is 4.79. The van der Waals surface area contributed by atoms with Gasteiger partial charge in [-0.1, -0.05) is 13.3 Å². The molecule has 0 saturated heterocycles. The third-order valence-electron chi connectivity index (χ3n) is 1.95. The number of carbonyl (C=O) groups is 1. The van der Waals surface area contributed by atoms with Crippen LogP contribution in [-0.2, 0) is 4.74 Å². The molecule has 0 amide bonds. The van der Waals surface area contributed by atoms with Crippen LogP contribution in [0.2, 0.25) is 0 Å². The van der Waals surface area contributed by atoms with E-state index in [1.54, 1.807) is 0 Å². The van der Waals surface area contributed by atoms with Gasteiger partial charge in [0, 0.05) is 11.9 Å². The van der Waals surface area contributed by atoms with Crippen molar-refractivity contribution in [2.45, 2.75) is 19.8 Å². The Morgan fingerprint density at radius 1 is 1.67 bits per heavy atom. The van der Waals surface area contributed by atoms with E-state index in [-0.39, 0.29) is 5.97 Å². The van der Waals surface area contributed by atoms with Gasteiger partial charge >= 0.3 is 5.97 Å². The Bertz CT molecular complexity index is 338. The first-order valence-corrected chi connectivity index (χ1v) is 6.47. The maximum atomic E-state index is 11.4. The summed E-state index contributed by atoms with van der Waals surface area (Å²) in [6, 6.07) is 0. The zero-order chi connectivity index (χ0) is 11.3. The minimum Gasteiger partial charge on any atom is -0.465 e. The van der Waals surface area contributed by atoms with Gasteiger partial charge in [-0.25, -0.2) is 4.79 Å². The summed E-state index contributed by atoms with van der Waals surface area (Å²) in [7, 11) is 1.39. The van der Waals surface area contributed by atoms with Gasteiger partial charge in [-0.05, 0) is 22.4 Å². The second kappa shape index (κ2) is 6.12. The molecule has 0 aromatic carbocycles. The average molecular weight is 292 g/mol. The molecule has 0 bridgehead atoms. The Morgan fingerprint density at radius 2 is 2.40 bits per heavy atom. The Hall–Kier alpha value is -0.550. The van der Waals surface area contributed by atoms with Gasteiger partial charge in [0.2, 0.25) is 0 Å². The molecule has 3 nitrogen and oxygen atoms in total. The average Bonchev–Trinajstić information content (AvgIpc) is 2.60.